The van der Waals surface area contributed by atoms with Crippen molar-refractivity contribution in [2.24, 2.45) is 0 Å². The van der Waals surface area contributed by atoms with Crippen LogP contribution in [-0.4, -0.2) is 27.0 Å². The minimum Gasteiger partial charge on any atom is -0.361 e. The molecule has 0 aliphatic carbocycles. The van der Waals surface area contributed by atoms with E-state index in [2.05, 4.69) is 19.9 Å². The van der Waals surface area contributed by atoms with Crippen molar-refractivity contribution in [1.29, 1.82) is 0 Å². The number of pyridine rings is 1. The zero-order valence-electron chi connectivity index (χ0n) is 12.5. The molecule has 6 heteroatoms. The molecule has 0 aliphatic rings. The van der Waals surface area contributed by atoms with E-state index in [0.29, 0.717) is 18.0 Å². The van der Waals surface area contributed by atoms with Crippen molar-refractivity contribution in [2.75, 3.05) is 6.54 Å². The number of amides is 1. The van der Waals surface area contributed by atoms with E-state index in [1.807, 2.05) is 37.5 Å². The number of rotatable bonds is 6. The number of aryl methyl sites for hydroxylation is 2. The average molecular weight is 298 g/mol. The van der Waals surface area contributed by atoms with Crippen LogP contribution in [0.5, 0.6) is 0 Å². The molecular formula is C16H18N4O2. The Hall–Kier alpha value is -2.63. The standard InChI is InChI=1S/C16H18N4O2/c1-12-9-13(19-22-12)10-16(21)17-7-4-6-15-18-11-14-5-2-3-8-20(14)15/h2-3,5,8-9,11H,4,6-7,10H2,1H3,(H,17,21). The second-order valence-electron chi connectivity index (χ2n) is 5.23. The third-order valence-corrected chi connectivity index (χ3v) is 3.43. The van der Waals surface area contributed by atoms with E-state index in [0.717, 1.165) is 24.2 Å². The first-order chi connectivity index (χ1) is 10.7. The summed E-state index contributed by atoms with van der Waals surface area (Å²) in [4.78, 5) is 16.2. The Labute approximate surface area is 128 Å². The smallest absolute Gasteiger partial charge is 0.226 e. The lowest BCUT2D eigenvalue weighted by atomic mass is 10.2. The third kappa shape index (κ3) is 3.33. The molecule has 3 rings (SSSR count). The summed E-state index contributed by atoms with van der Waals surface area (Å²) in [5, 5.41) is 6.70. The van der Waals surface area contributed by atoms with Crippen molar-refractivity contribution < 1.29 is 9.32 Å². The highest BCUT2D eigenvalue weighted by atomic mass is 16.5. The zero-order chi connectivity index (χ0) is 15.4. The van der Waals surface area contributed by atoms with Crippen LogP contribution in [0.15, 0.2) is 41.2 Å². The molecule has 6 nitrogen and oxygen atoms in total. The summed E-state index contributed by atoms with van der Waals surface area (Å²) in [6, 6.07) is 7.78. The number of aromatic nitrogens is 3. The van der Waals surface area contributed by atoms with Gasteiger partial charge in [0, 0.05) is 25.2 Å². The Balaban J connectivity index is 1.44. The molecule has 114 valence electrons. The molecule has 0 aliphatic heterocycles. The van der Waals surface area contributed by atoms with Crippen molar-refractivity contribution in [1.82, 2.24) is 19.9 Å². The predicted octanol–water partition coefficient (Wildman–Crippen LogP) is 1.92. The van der Waals surface area contributed by atoms with Crippen LogP contribution in [0.3, 0.4) is 0 Å². The second-order valence-corrected chi connectivity index (χ2v) is 5.23. The summed E-state index contributed by atoms with van der Waals surface area (Å²) in [7, 11) is 0. The molecule has 0 radical (unpaired) electrons. The van der Waals surface area contributed by atoms with Crippen LogP contribution < -0.4 is 5.32 Å². The minimum atomic E-state index is -0.0405. The van der Waals surface area contributed by atoms with Gasteiger partial charge in [-0.1, -0.05) is 11.2 Å². The molecule has 1 amide bonds. The van der Waals surface area contributed by atoms with Crippen molar-refractivity contribution in [3.05, 3.63) is 53.9 Å². The summed E-state index contributed by atoms with van der Waals surface area (Å²) < 4.78 is 7.01. The van der Waals surface area contributed by atoms with Gasteiger partial charge in [-0.05, 0) is 25.5 Å². The topological polar surface area (TPSA) is 72.4 Å². The van der Waals surface area contributed by atoms with Crippen molar-refractivity contribution in [2.45, 2.75) is 26.2 Å². The van der Waals surface area contributed by atoms with Crippen molar-refractivity contribution in [3.8, 4) is 0 Å². The fraction of sp³-hybridized carbons (Fsp3) is 0.312. The highest BCUT2D eigenvalue weighted by Gasteiger charge is 2.07. The quantitative estimate of drug-likeness (QED) is 0.706. The van der Waals surface area contributed by atoms with E-state index in [1.54, 1.807) is 6.07 Å². The molecule has 0 saturated heterocycles. The molecule has 0 unspecified atom stereocenters. The summed E-state index contributed by atoms with van der Waals surface area (Å²) in [6.07, 6.45) is 5.78. The molecule has 1 N–H and O–H groups in total. The fourth-order valence-electron chi connectivity index (χ4n) is 2.39. The van der Waals surface area contributed by atoms with Crippen LogP contribution >= 0.6 is 0 Å². The molecule has 3 aromatic rings. The van der Waals surface area contributed by atoms with Gasteiger partial charge >= 0.3 is 0 Å². The normalized spacial score (nSPS) is 11.0. The lowest BCUT2D eigenvalue weighted by Crippen LogP contribution is -2.26. The number of fused-ring (bicyclic) bond motifs is 1. The Morgan fingerprint density at radius 3 is 3.14 bits per heavy atom. The Morgan fingerprint density at radius 2 is 2.32 bits per heavy atom. The second kappa shape index (κ2) is 6.43. The number of carbonyl (C=O) groups is 1. The summed E-state index contributed by atoms with van der Waals surface area (Å²) >= 11 is 0. The Kier molecular flexibility index (Phi) is 4.18. The largest absolute Gasteiger partial charge is 0.361 e. The lowest BCUT2D eigenvalue weighted by Gasteiger charge is -2.04. The van der Waals surface area contributed by atoms with Gasteiger partial charge in [-0.15, -0.1) is 0 Å². The summed E-state index contributed by atoms with van der Waals surface area (Å²) in [6.45, 7) is 2.43. The van der Waals surface area contributed by atoms with Gasteiger partial charge in [-0.25, -0.2) is 4.98 Å². The van der Waals surface area contributed by atoms with E-state index in [4.69, 9.17) is 4.52 Å². The molecule has 0 fully saturated rings. The van der Waals surface area contributed by atoms with Crippen LogP contribution in [0.1, 0.15) is 23.7 Å². The lowest BCUT2D eigenvalue weighted by molar-refractivity contribution is -0.120. The number of hydrogen-bond acceptors (Lipinski definition) is 4. The van der Waals surface area contributed by atoms with E-state index in [9.17, 15) is 4.79 Å². The van der Waals surface area contributed by atoms with Crippen LogP contribution in [0.25, 0.3) is 5.52 Å². The summed E-state index contributed by atoms with van der Waals surface area (Å²) in [5.41, 5.74) is 1.75. The van der Waals surface area contributed by atoms with Crippen LogP contribution in [-0.2, 0) is 17.6 Å². The van der Waals surface area contributed by atoms with Crippen LogP contribution in [0.2, 0.25) is 0 Å². The molecule has 0 saturated carbocycles. The van der Waals surface area contributed by atoms with Gasteiger partial charge in [-0.2, -0.15) is 0 Å². The van der Waals surface area contributed by atoms with E-state index >= 15 is 0 Å². The van der Waals surface area contributed by atoms with E-state index < -0.39 is 0 Å². The van der Waals surface area contributed by atoms with Gasteiger partial charge in [0.25, 0.3) is 0 Å². The number of hydrogen-bond donors (Lipinski definition) is 1. The first-order valence-corrected chi connectivity index (χ1v) is 7.32. The predicted molar refractivity (Wildman–Crippen MR) is 81.5 cm³/mol. The number of nitrogens with one attached hydrogen (secondary N) is 1. The first kappa shape index (κ1) is 14.3. The molecule has 0 bridgehead atoms. The molecule has 0 atom stereocenters. The van der Waals surface area contributed by atoms with Gasteiger partial charge in [0.15, 0.2) is 0 Å². The fourth-order valence-corrected chi connectivity index (χ4v) is 2.39. The molecule has 0 aromatic carbocycles. The summed E-state index contributed by atoms with van der Waals surface area (Å²) in [5.74, 6) is 1.69. The van der Waals surface area contributed by atoms with Crippen molar-refractivity contribution in [3.63, 3.8) is 0 Å². The molecule has 22 heavy (non-hydrogen) atoms. The van der Waals surface area contributed by atoms with Gasteiger partial charge in [0.1, 0.15) is 11.6 Å². The van der Waals surface area contributed by atoms with Crippen LogP contribution in [0.4, 0.5) is 0 Å². The van der Waals surface area contributed by atoms with Gasteiger partial charge < -0.3 is 14.2 Å². The van der Waals surface area contributed by atoms with Crippen LogP contribution in [0, 0.1) is 6.92 Å². The van der Waals surface area contributed by atoms with E-state index in [-0.39, 0.29) is 12.3 Å². The minimum absolute atomic E-state index is 0.0405. The average Bonchev–Trinajstić information content (AvgIpc) is 3.10. The van der Waals surface area contributed by atoms with Gasteiger partial charge in [-0.3, -0.25) is 4.79 Å². The number of imidazole rings is 1. The third-order valence-electron chi connectivity index (χ3n) is 3.43. The maximum absolute atomic E-state index is 11.8. The zero-order valence-corrected chi connectivity index (χ0v) is 12.5. The Morgan fingerprint density at radius 1 is 1.41 bits per heavy atom. The van der Waals surface area contributed by atoms with E-state index in [1.165, 1.54) is 0 Å². The van der Waals surface area contributed by atoms with Gasteiger partial charge in [0.2, 0.25) is 5.91 Å². The number of nitrogens with zero attached hydrogens (tertiary/aromatic N) is 3. The van der Waals surface area contributed by atoms with Crippen molar-refractivity contribution >= 4 is 11.4 Å². The highest BCUT2D eigenvalue weighted by Crippen LogP contribution is 2.07. The molecular weight excluding hydrogens is 280 g/mol. The number of carbonyl (C=O) groups excluding carboxylic acids is 1. The first-order valence-electron chi connectivity index (χ1n) is 7.32. The maximum Gasteiger partial charge on any atom is 0.226 e. The molecule has 3 heterocycles. The van der Waals surface area contributed by atoms with Gasteiger partial charge in [0.05, 0.1) is 23.8 Å². The monoisotopic (exact) mass is 298 g/mol. The highest BCUT2D eigenvalue weighted by molar-refractivity contribution is 5.78. The molecule has 3 aromatic heterocycles. The maximum atomic E-state index is 11.8. The Bertz CT molecular complexity index is 775. The molecule has 0 spiro atoms. The SMILES string of the molecule is Cc1cc(CC(=O)NCCCc2ncc3ccccn23)no1.